The van der Waals surface area contributed by atoms with Gasteiger partial charge in [0.1, 0.15) is 17.2 Å². The molecule has 0 spiro atoms. The van der Waals surface area contributed by atoms with E-state index >= 15 is 0 Å². The lowest BCUT2D eigenvalue weighted by atomic mass is 9.92. The first-order chi connectivity index (χ1) is 16.6. The highest BCUT2D eigenvalue weighted by Crippen LogP contribution is 2.31. The van der Waals surface area contributed by atoms with E-state index in [1.54, 1.807) is 4.57 Å². The molecule has 3 aromatic rings. The molecule has 0 bridgehead atoms. The molecule has 1 aliphatic rings. The van der Waals surface area contributed by atoms with E-state index in [0.717, 1.165) is 29.8 Å². The molecule has 1 unspecified atom stereocenters. The third kappa shape index (κ3) is 5.64. The Bertz CT molecular complexity index is 1350. The Morgan fingerprint density at radius 3 is 2.67 bits per heavy atom. The second kappa shape index (κ2) is 11.4. The third-order valence-electron chi connectivity index (χ3n) is 6.63. The minimum absolute atomic E-state index is 0. The van der Waals surface area contributed by atoms with Gasteiger partial charge in [0.15, 0.2) is 0 Å². The summed E-state index contributed by atoms with van der Waals surface area (Å²) in [6, 6.07) is 6.08. The van der Waals surface area contributed by atoms with Gasteiger partial charge in [-0.15, -0.1) is 12.4 Å². The van der Waals surface area contributed by atoms with Crippen LogP contribution in [0, 0.1) is 5.82 Å². The predicted octanol–water partition coefficient (Wildman–Crippen LogP) is 3.51. The molecule has 0 aliphatic carbocycles. The molecule has 2 aromatic heterocycles. The summed E-state index contributed by atoms with van der Waals surface area (Å²) in [5.41, 5.74) is 6.79. The Morgan fingerprint density at radius 1 is 1.22 bits per heavy atom. The van der Waals surface area contributed by atoms with Crippen LogP contribution < -0.4 is 21.9 Å². The number of rotatable bonds is 8. The number of piperidine rings is 1. The molecule has 0 radical (unpaired) electrons. The third-order valence-corrected chi connectivity index (χ3v) is 7.00. The highest BCUT2D eigenvalue weighted by molar-refractivity contribution is 6.31. The zero-order chi connectivity index (χ0) is 25.3. The van der Waals surface area contributed by atoms with Crippen LogP contribution in [0.15, 0.2) is 33.9 Å². The molecule has 1 atom stereocenters. The van der Waals surface area contributed by atoms with Crippen LogP contribution in [0.1, 0.15) is 38.7 Å². The van der Waals surface area contributed by atoms with E-state index in [-0.39, 0.29) is 24.6 Å². The van der Waals surface area contributed by atoms with Crippen molar-refractivity contribution in [2.45, 2.75) is 51.7 Å². The van der Waals surface area contributed by atoms with E-state index in [1.165, 1.54) is 25.2 Å². The molecule has 36 heavy (non-hydrogen) atoms. The quantitative estimate of drug-likeness (QED) is 0.441. The number of aryl methyl sites for hydroxylation is 1. The van der Waals surface area contributed by atoms with E-state index in [0.29, 0.717) is 54.3 Å². The van der Waals surface area contributed by atoms with Crippen molar-refractivity contribution < 1.29 is 9.13 Å². The fourth-order valence-electron chi connectivity index (χ4n) is 4.89. The average molecular weight is 542 g/mol. The van der Waals surface area contributed by atoms with E-state index in [4.69, 9.17) is 22.1 Å². The molecule has 2 N–H and O–H groups in total. The van der Waals surface area contributed by atoms with Gasteiger partial charge < -0.3 is 19.9 Å². The van der Waals surface area contributed by atoms with Crippen LogP contribution in [-0.2, 0) is 24.9 Å². The molecule has 1 aromatic carbocycles. The van der Waals surface area contributed by atoms with Gasteiger partial charge >= 0.3 is 5.69 Å². The molecule has 8 nitrogen and oxygen atoms in total. The predicted molar refractivity (Wildman–Crippen MR) is 144 cm³/mol. The minimum Gasteiger partial charge on any atom is -0.382 e. The van der Waals surface area contributed by atoms with Crippen molar-refractivity contribution in [1.29, 1.82) is 0 Å². The normalized spacial score (nSPS) is 18.0. The highest BCUT2D eigenvalue weighted by atomic mass is 35.5. The number of hydrogen-bond acceptors (Lipinski definition) is 5. The summed E-state index contributed by atoms with van der Waals surface area (Å²) in [4.78, 5) is 28.7. The lowest BCUT2D eigenvalue weighted by Gasteiger charge is -2.39. The summed E-state index contributed by atoms with van der Waals surface area (Å²) in [6.45, 7) is 6.98. The molecule has 11 heteroatoms. The first kappa shape index (κ1) is 28.2. The van der Waals surface area contributed by atoms with Crippen LogP contribution in [-0.4, -0.2) is 45.5 Å². The highest BCUT2D eigenvalue weighted by Gasteiger charge is 2.30. The standard InChI is InChI=1S/C25H33ClFN5O3.ClH/c1-4-35-12-6-11-31-20-14-21(30-10-5-9-25(2,28)16-30)32(22(20)23(33)29(3)24(31)34)15-17-13-18(27)7-8-19(17)26;/h7-8,13-14H,4-6,9-12,15-16,28H2,1-3H3;1H. The van der Waals surface area contributed by atoms with E-state index in [9.17, 15) is 14.0 Å². The SMILES string of the molecule is CCOCCCn1c(=O)n(C)c(=O)c2c1cc(N1CCCC(C)(N)C1)n2Cc1cc(F)ccc1Cl.Cl. The van der Waals surface area contributed by atoms with Crippen molar-refractivity contribution in [2.75, 3.05) is 31.2 Å². The average Bonchev–Trinajstić information content (AvgIpc) is 3.18. The fourth-order valence-corrected chi connectivity index (χ4v) is 5.06. The van der Waals surface area contributed by atoms with Gasteiger partial charge in [-0.05, 0) is 56.9 Å². The Hall–Kier alpha value is -2.33. The Kier molecular flexibility index (Phi) is 8.93. The number of benzene rings is 1. The molecule has 1 saturated heterocycles. The van der Waals surface area contributed by atoms with Crippen molar-refractivity contribution in [3.63, 3.8) is 0 Å². The van der Waals surface area contributed by atoms with Gasteiger partial charge in [0.25, 0.3) is 5.56 Å². The first-order valence-corrected chi connectivity index (χ1v) is 12.4. The van der Waals surface area contributed by atoms with Gasteiger partial charge in [-0.3, -0.25) is 13.9 Å². The summed E-state index contributed by atoms with van der Waals surface area (Å²) in [5, 5.41) is 0.406. The molecule has 4 rings (SSSR count). The maximum Gasteiger partial charge on any atom is 0.331 e. The molecule has 1 aliphatic heterocycles. The topological polar surface area (TPSA) is 87.4 Å². The molecule has 0 amide bonds. The maximum absolute atomic E-state index is 14.1. The summed E-state index contributed by atoms with van der Waals surface area (Å²) < 4.78 is 24.1. The van der Waals surface area contributed by atoms with E-state index in [2.05, 4.69) is 4.90 Å². The lowest BCUT2D eigenvalue weighted by molar-refractivity contribution is 0.141. The smallest absolute Gasteiger partial charge is 0.331 e. The van der Waals surface area contributed by atoms with Crippen LogP contribution in [0.25, 0.3) is 11.0 Å². The van der Waals surface area contributed by atoms with Gasteiger partial charge in [-0.1, -0.05) is 11.6 Å². The van der Waals surface area contributed by atoms with Gasteiger partial charge in [-0.2, -0.15) is 0 Å². The number of aromatic nitrogens is 3. The summed E-state index contributed by atoms with van der Waals surface area (Å²) >= 11 is 6.41. The van der Waals surface area contributed by atoms with Gasteiger partial charge in [-0.25, -0.2) is 9.18 Å². The number of fused-ring (bicyclic) bond motifs is 1. The number of ether oxygens (including phenoxy) is 1. The van der Waals surface area contributed by atoms with E-state index < -0.39 is 16.9 Å². The van der Waals surface area contributed by atoms with Crippen molar-refractivity contribution in [1.82, 2.24) is 13.7 Å². The van der Waals surface area contributed by atoms with Crippen LogP contribution in [0.2, 0.25) is 5.02 Å². The molecular formula is C25H34Cl2FN5O3. The largest absolute Gasteiger partial charge is 0.382 e. The number of anilines is 1. The molecule has 1 fully saturated rings. The van der Waals surface area contributed by atoms with Crippen molar-refractivity contribution in [3.8, 4) is 0 Å². The molecule has 198 valence electrons. The van der Waals surface area contributed by atoms with Crippen molar-refractivity contribution >= 4 is 40.9 Å². The Morgan fingerprint density at radius 2 is 1.97 bits per heavy atom. The van der Waals surface area contributed by atoms with Crippen LogP contribution in [0.4, 0.5) is 10.2 Å². The minimum atomic E-state index is -0.407. The monoisotopic (exact) mass is 541 g/mol. The van der Waals surface area contributed by atoms with Gasteiger partial charge in [0.2, 0.25) is 0 Å². The van der Waals surface area contributed by atoms with E-state index in [1.807, 2.05) is 24.5 Å². The molecule has 0 saturated carbocycles. The lowest BCUT2D eigenvalue weighted by Crippen LogP contribution is -2.52. The second-order valence-corrected chi connectivity index (χ2v) is 9.99. The summed E-state index contributed by atoms with van der Waals surface area (Å²) in [5.74, 6) is 0.355. The van der Waals surface area contributed by atoms with Gasteiger partial charge in [0, 0.05) is 56.5 Å². The number of nitrogens with two attached hydrogens (primary N) is 1. The molecular weight excluding hydrogens is 508 g/mol. The van der Waals surface area contributed by atoms with Crippen molar-refractivity contribution in [3.05, 3.63) is 61.5 Å². The zero-order valence-corrected chi connectivity index (χ0v) is 22.5. The second-order valence-electron chi connectivity index (χ2n) is 9.59. The summed E-state index contributed by atoms with van der Waals surface area (Å²) in [6.07, 6.45) is 2.42. The summed E-state index contributed by atoms with van der Waals surface area (Å²) in [7, 11) is 1.48. The Labute approximate surface area is 220 Å². The van der Waals surface area contributed by atoms with Gasteiger partial charge in [0.05, 0.1) is 12.1 Å². The first-order valence-electron chi connectivity index (χ1n) is 12.0. The number of hydrogen-bond donors (Lipinski definition) is 1. The zero-order valence-electron chi connectivity index (χ0n) is 20.9. The number of nitrogens with zero attached hydrogens (tertiary/aromatic N) is 4. The number of halogens is 3. The Balaban J connectivity index is 0.00000361. The molecule has 3 heterocycles. The van der Waals surface area contributed by atoms with Crippen LogP contribution in [0.3, 0.4) is 0 Å². The maximum atomic E-state index is 14.1. The van der Waals surface area contributed by atoms with Crippen LogP contribution >= 0.6 is 24.0 Å². The van der Waals surface area contributed by atoms with Crippen LogP contribution in [0.5, 0.6) is 0 Å². The van der Waals surface area contributed by atoms with Crippen molar-refractivity contribution in [2.24, 2.45) is 12.8 Å². The fraction of sp³-hybridized carbons (Fsp3) is 0.520.